The molecule has 3 aliphatic heterocycles. The Bertz CT molecular complexity index is 717. The summed E-state index contributed by atoms with van der Waals surface area (Å²) in [7, 11) is 0. The molecule has 16 heteroatoms. The fourth-order valence-electron chi connectivity index (χ4n) is 4.44. The number of aliphatic hydroxyl groups excluding tert-OH is 9. The molecule has 0 spiro atoms. The molecule has 0 aromatic rings. The maximum absolute atomic E-state index is 11.8. The Morgan fingerprint density at radius 2 is 1.39 bits per heavy atom. The molecule has 210 valence electrons. The highest BCUT2D eigenvalue weighted by Crippen LogP contribution is 2.32. The van der Waals surface area contributed by atoms with Gasteiger partial charge < -0.3 is 75.0 Å². The molecule has 1 amide bonds. The van der Waals surface area contributed by atoms with Gasteiger partial charge in [0.15, 0.2) is 18.9 Å². The van der Waals surface area contributed by atoms with Gasteiger partial charge in [0, 0.05) is 13.3 Å². The molecule has 3 saturated heterocycles. The minimum Gasteiger partial charge on any atom is -0.394 e. The average molecular weight is 529 g/mol. The van der Waals surface area contributed by atoms with Crippen LogP contribution in [0.3, 0.4) is 0 Å². The monoisotopic (exact) mass is 529 g/mol. The summed E-state index contributed by atoms with van der Waals surface area (Å²) in [6.07, 6.45) is -19.5. The second-order valence-electron chi connectivity index (χ2n) is 8.95. The van der Waals surface area contributed by atoms with E-state index in [1.807, 2.05) is 0 Å². The van der Waals surface area contributed by atoms with Crippen molar-refractivity contribution in [1.82, 2.24) is 5.32 Å². The summed E-state index contributed by atoms with van der Waals surface area (Å²) >= 11 is 0. The predicted molar refractivity (Wildman–Crippen MR) is 111 cm³/mol. The van der Waals surface area contributed by atoms with Crippen LogP contribution in [0.1, 0.15) is 13.3 Å². The summed E-state index contributed by atoms with van der Waals surface area (Å²) < 4.78 is 27.4. The summed E-state index contributed by atoms with van der Waals surface area (Å²) in [4.78, 5) is 11.8. The number of carbonyl (C=O) groups excluding carboxylic acids is 1. The minimum absolute atomic E-state index is 0.245. The Labute approximate surface area is 205 Å². The number of nitrogens with one attached hydrogen (secondary N) is 1. The van der Waals surface area contributed by atoms with Gasteiger partial charge in [-0.25, -0.2) is 0 Å². The topological polar surface area (TPSA) is 257 Å². The zero-order valence-electron chi connectivity index (χ0n) is 19.4. The van der Waals surface area contributed by atoms with E-state index in [9.17, 15) is 50.8 Å². The van der Waals surface area contributed by atoms with Crippen LogP contribution < -0.4 is 5.32 Å². The van der Waals surface area contributed by atoms with Crippen LogP contribution in [0.5, 0.6) is 0 Å². The maximum atomic E-state index is 11.8. The highest BCUT2D eigenvalue weighted by Gasteiger charge is 2.52. The van der Waals surface area contributed by atoms with Crippen molar-refractivity contribution >= 4 is 5.91 Å². The molecule has 3 rings (SSSR count). The van der Waals surface area contributed by atoms with Crippen LogP contribution in [-0.4, -0.2) is 158 Å². The second kappa shape index (κ2) is 12.6. The van der Waals surface area contributed by atoms with Crippen molar-refractivity contribution < 1.29 is 74.4 Å². The molecule has 0 aliphatic carbocycles. The van der Waals surface area contributed by atoms with Gasteiger partial charge in [-0.15, -0.1) is 0 Å². The molecule has 14 atom stereocenters. The molecule has 36 heavy (non-hydrogen) atoms. The van der Waals surface area contributed by atoms with E-state index in [2.05, 4.69) is 5.32 Å². The van der Waals surface area contributed by atoms with Gasteiger partial charge in [-0.3, -0.25) is 4.79 Å². The van der Waals surface area contributed by atoms with Crippen molar-refractivity contribution in [1.29, 1.82) is 0 Å². The largest absolute Gasteiger partial charge is 0.394 e. The first-order valence-electron chi connectivity index (χ1n) is 11.5. The third kappa shape index (κ3) is 6.30. The van der Waals surface area contributed by atoms with Crippen molar-refractivity contribution in [2.75, 3.05) is 19.8 Å². The molecule has 3 aliphatic rings. The number of carbonyl (C=O) groups is 1. The van der Waals surface area contributed by atoms with Gasteiger partial charge in [-0.2, -0.15) is 0 Å². The van der Waals surface area contributed by atoms with Crippen molar-refractivity contribution in [3.8, 4) is 0 Å². The zero-order chi connectivity index (χ0) is 26.7. The first kappa shape index (κ1) is 29.5. The highest BCUT2D eigenvalue weighted by atomic mass is 16.7. The Morgan fingerprint density at radius 3 is 1.97 bits per heavy atom. The molecule has 0 aromatic heterocycles. The Hall–Kier alpha value is -1.09. The van der Waals surface area contributed by atoms with Gasteiger partial charge in [-0.05, 0) is 0 Å². The van der Waals surface area contributed by atoms with E-state index in [0.29, 0.717) is 0 Å². The van der Waals surface area contributed by atoms with Crippen molar-refractivity contribution in [2.45, 2.75) is 99.3 Å². The predicted octanol–water partition coefficient (Wildman–Crippen LogP) is -6.40. The number of aliphatic hydroxyl groups is 9. The lowest BCUT2D eigenvalue weighted by atomic mass is 9.95. The molecule has 10 N–H and O–H groups in total. The summed E-state index contributed by atoms with van der Waals surface area (Å²) in [5.74, 6) is -0.633. The van der Waals surface area contributed by atoms with E-state index in [-0.39, 0.29) is 6.42 Å². The van der Waals surface area contributed by atoms with Crippen LogP contribution in [0.25, 0.3) is 0 Å². The Morgan fingerprint density at radius 1 is 0.778 bits per heavy atom. The van der Waals surface area contributed by atoms with Gasteiger partial charge in [0.2, 0.25) is 5.91 Å². The number of hydrogen-bond acceptors (Lipinski definition) is 15. The molecule has 0 bridgehead atoms. The molecule has 0 unspecified atom stereocenters. The van der Waals surface area contributed by atoms with Crippen molar-refractivity contribution in [3.05, 3.63) is 0 Å². The molecule has 3 fully saturated rings. The average Bonchev–Trinajstić information content (AvgIpc) is 2.84. The van der Waals surface area contributed by atoms with E-state index < -0.39 is 112 Å². The first-order valence-corrected chi connectivity index (χ1v) is 11.5. The fourth-order valence-corrected chi connectivity index (χ4v) is 4.44. The van der Waals surface area contributed by atoms with Crippen LogP contribution in [0.4, 0.5) is 0 Å². The minimum atomic E-state index is -1.83. The number of rotatable bonds is 8. The van der Waals surface area contributed by atoms with Gasteiger partial charge in [0.05, 0.1) is 25.9 Å². The normalized spacial score (nSPS) is 47.9. The first-order chi connectivity index (χ1) is 17.0. The van der Waals surface area contributed by atoms with E-state index >= 15 is 0 Å². The van der Waals surface area contributed by atoms with E-state index in [1.54, 1.807) is 0 Å². The molecule has 0 aromatic carbocycles. The standard InChI is InChI=1S/C20H35NO15/c1-6(25)21-12-15(29)17(35-11-2-7(26)13(27)8(3-22)32-11)10(5-24)34-20(12)36-18-16(30)14(28)9(4-23)33-19(18)31/h7-20,22-24,26-31H,2-5H2,1H3,(H,21,25)/t7-,8-,9-,10-,11+,12-,13-,14-,15-,16+,17-,18+,19+,20+/m1/s1. The van der Waals surface area contributed by atoms with Gasteiger partial charge >= 0.3 is 0 Å². The molecule has 0 radical (unpaired) electrons. The molecule has 3 heterocycles. The molecule has 16 nitrogen and oxygen atoms in total. The summed E-state index contributed by atoms with van der Waals surface area (Å²) in [6.45, 7) is -0.939. The highest BCUT2D eigenvalue weighted by molar-refractivity contribution is 5.73. The van der Waals surface area contributed by atoms with E-state index in [1.165, 1.54) is 0 Å². The van der Waals surface area contributed by atoms with Crippen molar-refractivity contribution in [2.24, 2.45) is 0 Å². The van der Waals surface area contributed by atoms with Crippen LogP contribution in [-0.2, 0) is 28.5 Å². The second-order valence-corrected chi connectivity index (χ2v) is 8.95. The van der Waals surface area contributed by atoms with Crippen LogP contribution >= 0.6 is 0 Å². The molecular formula is C20H35NO15. The van der Waals surface area contributed by atoms with Crippen molar-refractivity contribution in [3.63, 3.8) is 0 Å². The van der Waals surface area contributed by atoms with Gasteiger partial charge in [0.1, 0.15) is 61.0 Å². The van der Waals surface area contributed by atoms with Gasteiger partial charge in [0.25, 0.3) is 0 Å². The number of hydrogen-bond donors (Lipinski definition) is 10. The smallest absolute Gasteiger partial charge is 0.217 e. The SMILES string of the molecule is CC(=O)N[C@H]1[C@H](O[C@H]2[C@@H](O)[C@H](O)[C@@H](CO)O[C@@H]2O)O[C@H](CO)[C@@H](O[C@H]2C[C@@H](O)[C@@H](O)[C@@H](CO)O2)[C@@H]1O. The van der Waals surface area contributed by atoms with Gasteiger partial charge in [-0.1, -0.05) is 0 Å². The van der Waals surface area contributed by atoms with E-state index in [0.717, 1.165) is 6.92 Å². The fraction of sp³-hybridized carbons (Fsp3) is 0.950. The lowest BCUT2D eigenvalue weighted by Crippen LogP contribution is -2.68. The quantitative estimate of drug-likeness (QED) is 0.140. The third-order valence-electron chi connectivity index (χ3n) is 6.38. The third-order valence-corrected chi connectivity index (χ3v) is 6.38. The Kier molecular flexibility index (Phi) is 10.3. The van der Waals surface area contributed by atoms with E-state index in [4.69, 9.17) is 23.7 Å². The number of ether oxygens (including phenoxy) is 5. The van der Waals surface area contributed by atoms with Crippen LogP contribution in [0.2, 0.25) is 0 Å². The number of amides is 1. The Balaban J connectivity index is 1.78. The zero-order valence-corrected chi connectivity index (χ0v) is 19.4. The molecule has 0 saturated carbocycles. The maximum Gasteiger partial charge on any atom is 0.217 e. The lowest BCUT2D eigenvalue weighted by molar-refractivity contribution is -0.361. The summed E-state index contributed by atoms with van der Waals surface area (Å²) in [5.41, 5.74) is 0. The summed E-state index contributed by atoms with van der Waals surface area (Å²) in [6, 6.07) is -1.39. The lowest BCUT2D eigenvalue weighted by Gasteiger charge is -2.48. The van der Waals surface area contributed by atoms with Crippen LogP contribution in [0, 0.1) is 0 Å². The van der Waals surface area contributed by atoms with Crippen LogP contribution in [0.15, 0.2) is 0 Å². The summed E-state index contributed by atoms with van der Waals surface area (Å²) in [5, 5.41) is 92.5. The molecular weight excluding hydrogens is 494 g/mol.